The number of morpholine rings is 1. The zero-order valence-corrected chi connectivity index (χ0v) is 27.0. The van der Waals surface area contributed by atoms with E-state index in [1.165, 1.54) is 16.4 Å². The third-order valence-corrected chi connectivity index (χ3v) is 11.0. The van der Waals surface area contributed by atoms with Gasteiger partial charge in [0.25, 0.3) is 0 Å². The first-order valence-electron chi connectivity index (χ1n) is 15.2. The van der Waals surface area contributed by atoms with Crippen LogP contribution in [0.4, 0.5) is 13.2 Å². The van der Waals surface area contributed by atoms with Crippen LogP contribution in [-0.4, -0.2) is 120 Å². The first kappa shape index (κ1) is 34.1. The number of fused-ring (bicyclic) bond motifs is 1. The van der Waals surface area contributed by atoms with Crippen molar-refractivity contribution in [2.24, 2.45) is 11.7 Å². The fourth-order valence-electron chi connectivity index (χ4n) is 6.22. The lowest BCUT2D eigenvalue weighted by Gasteiger charge is -2.30. The number of sulfonamides is 1. The molecule has 11 nitrogen and oxygen atoms in total. The maximum absolute atomic E-state index is 14.1. The second kappa shape index (κ2) is 14.3. The van der Waals surface area contributed by atoms with Gasteiger partial charge in [-0.3, -0.25) is 14.4 Å². The number of likely N-dealkylation sites (tertiary alicyclic amines) is 1. The summed E-state index contributed by atoms with van der Waals surface area (Å²) in [5.41, 5.74) is 6.97. The molecule has 1 unspecified atom stereocenters. The van der Waals surface area contributed by atoms with Gasteiger partial charge in [-0.2, -0.15) is 22.6 Å². The fourth-order valence-corrected chi connectivity index (χ4v) is 8.13. The number of nitrogens with two attached hydrogens (primary N) is 1. The van der Waals surface area contributed by atoms with Crippen molar-refractivity contribution in [2.75, 3.05) is 71.0 Å². The number of β-amino-alcohol motifs (C(OH)–C–C–N with tert-alkyl or cyclic N) is 1. The minimum absolute atomic E-state index is 0.0494. The fraction of sp³-hybridized carbons (Fsp3) is 0.655. The Labute approximate surface area is 265 Å². The van der Waals surface area contributed by atoms with Crippen molar-refractivity contribution in [1.82, 2.24) is 23.9 Å². The number of rotatable bonds is 11. The van der Waals surface area contributed by atoms with Gasteiger partial charge in [-0.1, -0.05) is 6.07 Å². The molecule has 3 aliphatic rings. The number of alkyl halides is 3. The summed E-state index contributed by atoms with van der Waals surface area (Å²) in [6, 6.07) is 3.94. The van der Waals surface area contributed by atoms with Crippen LogP contribution in [0, 0.1) is 5.92 Å². The first-order chi connectivity index (χ1) is 21.3. The standard InChI is InChI=1S/C29H41F3N6O5S2/c1-45(41,42)37-9-6-25-23(19-37)27(34-38(25)18-22(39)17-36-10-13-43-14-11-36)21-2-3-24(29(30,31)32)26(16-21)44-15-12-35-7-4-20(5-8-35)28(33)40/h2-3,16,20,22,39H,4-15,17-19H2,1H3,(H2,33,40). The highest BCUT2D eigenvalue weighted by Crippen LogP contribution is 2.40. The van der Waals surface area contributed by atoms with Crippen LogP contribution in [0.1, 0.15) is 29.7 Å². The van der Waals surface area contributed by atoms with Gasteiger partial charge in [-0.05, 0) is 38.1 Å². The summed E-state index contributed by atoms with van der Waals surface area (Å²) in [5, 5.41) is 15.7. The molecule has 0 saturated carbocycles. The lowest BCUT2D eigenvalue weighted by molar-refractivity contribution is -0.139. The second-order valence-corrected chi connectivity index (χ2v) is 15.1. The van der Waals surface area contributed by atoms with Gasteiger partial charge in [0.15, 0.2) is 0 Å². The second-order valence-electron chi connectivity index (χ2n) is 11.9. The van der Waals surface area contributed by atoms with E-state index in [4.69, 9.17) is 15.6 Å². The summed E-state index contributed by atoms with van der Waals surface area (Å²) >= 11 is 1.11. The van der Waals surface area contributed by atoms with E-state index >= 15 is 0 Å². The smallest absolute Gasteiger partial charge is 0.390 e. The van der Waals surface area contributed by atoms with Crippen LogP contribution in [-0.2, 0) is 45.2 Å². The van der Waals surface area contributed by atoms with Crippen LogP contribution >= 0.6 is 11.8 Å². The topological polar surface area (TPSA) is 134 Å². The number of carbonyl (C=O) groups excluding carboxylic acids is 1. The van der Waals surface area contributed by atoms with E-state index in [2.05, 4.69) is 9.80 Å². The van der Waals surface area contributed by atoms with E-state index in [9.17, 15) is 31.5 Å². The Morgan fingerprint density at radius 2 is 1.84 bits per heavy atom. The quantitative estimate of drug-likeness (QED) is 0.343. The van der Waals surface area contributed by atoms with Gasteiger partial charge in [0.05, 0.1) is 43.4 Å². The van der Waals surface area contributed by atoms with Gasteiger partial charge in [0.1, 0.15) is 0 Å². The molecule has 0 spiro atoms. The molecule has 0 radical (unpaired) electrons. The van der Waals surface area contributed by atoms with E-state index < -0.39 is 27.9 Å². The molecule has 250 valence electrons. The van der Waals surface area contributed by atoms with Crippen molar-refractivity contribution in [3.8, 4) is 11.3 Å². The Morgan fingerprint density at radius 3 is 2.49 bits per heavy atom. The van der Waals surface area contributed by atoms with Crippen molar-refractivity contribution in [1.29, 1.82) is 0 Å². The number of hydrogen-bond donors (Lipinski definition) is 2. The molecule has 1 aromatic carbocycles. The van der Waals surface area contributed by atoms with E-state index in [1.807, 2.05) is 0 Å². The number of primary amides is 1. The van der Waals surface area contributed by atoms with E-state index in [-0.39, 0.29) is 36.4 Å². The lowest BCUT2D eigenvalue weighted by Crippen LogP contribution is -2.42. The number of aliphatic hydroxyl groups excluding tert-OH is 1. The number of amides is 1. The third kappa shape index (κ3) is 8.58. The molecule has 2 aromatic rings. The number of benzene rings is 1. The van der Waals surface area contributed by atoms with Gasteiger partial charge in [-0.15, -0.1) is 11.8 Å². The maximum atomic E-state index is 14.1. The van der Waals surface area contributed by atoms with Crippen LogP contribution in [0.25, 0.3) is 11.3 Å². The van der Waals surface area contributed by atoms with E-state index in [0.29, 0.717) is 94.3 Å². The van der Waals surface area contributed by atoms with Gasteiger partial charge in [0, 0.05) is 79.1 Å². The Balaban J connectivity index is 1.39. The molecule has 4 heterocycles. The summed E-state index contributed by atoms with van der Waals surface area (Å²) in [5.74, 6) is -0.0607. The van der Waals surface area contributed by atoms with Crippen molar-refractivity contribution < 1.29 is 36.2 Å². The molecule has 0 aliphatic carbocycles. The largest absolute Gasteiger partial charge is 0.417 e. The summed E-state index contributed by atoms with van der Waals surface area (Å²) in [6.07, 6.45) is -2.52. The zero-order valence-electron chi connectivity index (χ0n) is 25.3. The highest BCUT2D eigenvalue weighted by molar-refractivity contribution is 7.99. The Kier molecular flexibility index (Phi) is 10.8. The summed E-state index contributed by atoms with van der Waals surface area (Å²) in [7, 11) is -3.52. The molecule has 2 saturated heterocycles. The molecule has 3 N–H and O–H groups in total. The molecule has 2 fully saturated rings. The minimum Gasteiger partial charge on any atom is -0.390 e. The average Bonchev–Trinajstić information content (AvgIpc) is 3.34. The zero-order chi connectivity index (χ0) is 32.4. The SMILES string of the molecule is CS(=O)(=O)N1CCc2c(c(-c3ccc(C(F)(F)F)c(SCCN4CCC(C(N)=O)CC4)c3)nn2CC(O)CN2CCOCC2)C1. The number of piperidine rings is 1. The van der Waals surface area contributed by atoms with Crippen LogP contribution in [0.3, 0.4) is 0 Å². The van der Waals surface area contributed by atoms with Crippen molar-refractivity contribution >= 4 is 27.7 Å². The average molecular weight is 675 g/mol. The van der Waals surface area contributed by atoms with E-state index in [1.54, 1.807) is 4.68 Å². The third-order valence-electron chi connectivity index (χ3n) is 8.74. The van der Waals surface area contributed by atoms with Crippen molar-refractivity contribution in [3.05, 3.63) is 35.0 Å². The molecule has 1 atom stereocenters. The molecule has 5 rings (SSSR count). The number of hydrogen-bond acceptors (Lipinski definition) is 9. The molecule has 16 heteroatoms. The molecule has 3 aliphatic heterocycles. The summed E-state index contributed by atoms with van der Waals surface area (Å²) in [4.78, 5) is 15.8. The predicted molar refractivity (Wildman–Crippen MR) is 164 cm³/mol. The number of carbonyl (C=O) groups is 1. The Bertz CT molecular complexity index is 1460. The number of aliphatic hydroxyl groups is 1. The molecular weight excluding hydrogens is 633 g/mol. The molecule has 0 bridgehead atoms. The monoisotopic (exact) mass is 674 g/mol. The molecule has 1 aromatic heterocycles. The summed E-state index contributed by atoms with van der Waals surface area (Å²) < 4.78 is 75.5. The van der Waals surface area contributed by atoms with Crippen LogP contribution in [0.15, 0.2) is 23.1 Å². The van der Waals surface area contributed by atoms with Crippen molar-refractivity contribution in [2.45, 2.75) is 49.5 Å². The maximum Gasteiger partial charge on any atom is 0.417 e. The highest BCUT2D eigenvalue weighted by Gasteiger charge is 2.35. The number of halogens is 3. The first-order valence-corrected chi connectivity index (χ1v) is 18.0. The van der Waals surface area contributed by atoms with Crippen molar-refractivity contribution in [3.63, 3.8) is 0 Å². The minimum atomic E-state index is -4.56. The molecule has 1 amide bonds. The normalized spacial score (nSPS) is 20.3. The number of nitrogens with zero attached hydrogens (tertiary/aromatic N) is 5. The number of ether oxygens (including phenoxy) is 1. The van der Waals surface area contributed by atoms with Gasteiger partial charge < -0.3 is 20.5 Å². The predicted octanol–water partition coefficient (Wildman–Crippen LogP) is 1.87. The Hall–Kier alpha value is -2.21. The number of thioether (sulfide) groups is 1. The van der Waals surface area contributed by atoms with Gasteiger partial charge >= 0.3 is 6.18 Å². The van der Waals surface area contributed by atoms with Gasteiger partial charge in [0.2, 0.25) is 15.9 Å². The highest BCUT2D eigenvalue weighted by atomic mass is 32.2. The molecule has 45 heavy (non-hydrogen) atoms. The van der Waals surface area contributed by atoms with Crippen LogP contribution in [0.5, 0.6) is 0 Å². The van der Waals surface area contributed by atoms with Crippen LogP contribution in [0.2, 0.25) is 0 Å². The van der Waals surface area contributed by atoms with Crippen LogP contribution < -0.4 is 5.73 Å². The molecular formula is C29H41F3N6O5S2. The Morgan fingerprint density at radius 1 is 1.13 bits per heavy atom. The summed E-state index contributed by atoms with van der Waals surface area (Å²) in [6.45, 7) is 5.39. The lowest BCUT2D eigenvalue weighted by atomic mass is 9.96. The number of aromatic nitrogens is 2. The van der Waals surface area contributed by atoms with E-state index in [0.717, 1.165) is 29.8 Å². The van der Waals surface area contributed by atoms with Gasteiger partial charge in [-0.25, -0.2) is 8.42 Å².